The smallest absolute Gasteiger partial charge is 0.0895 e. The first-order valence-corrected chi connectivity index (χ1v) is 13.0. The molecule has 0 saturated heterocycles. The molecular weight excluding hydrogens is 496 g/mol. The highest BCUT2D eigenvalue weighted by molar-refractivity contribution is 5.90. The van der Waals surface area contributed by atoms with Gasteiger partial charge in [-0.05, 0) is 97.2 Å². The molecule has 9 heterocycles. The Kier molecular flexibility index (Phi) is 4.17. The molecular formula is C32H18N8. The lowest BCUT2D eigenvalue weighted by Crippen LogP contribution is -1.86. The minimum atomic E-state index is 0.816. The number of nitrogens with one attached hydrogen (secondary N) is 2. The van der Waals surface area contributed by atoms with Gasteiger partial charge in [-0.3, -0.25) is 0 Å². The SMILES string of the molecule is C1=Cc2nc1c1nc(c3ccc([nH]3)c3nc(c4nc(c5nc(c6ccc([nH]6)c6nc2C=C6)C=C5)C=C4)C=C3)C=C1. The number of rotatable bonds is 0. The Balaban J connectivity index is 1.32. The molecule has 40 heavy (non-hydrogen) atoms. The molecule has 0 saturated carbocycles. The van der Waals surface area contributed by atoms with Crippen molar-refractivity contribution in [3.05, 3.63) is 92.6 Å². The third-order valence-electron chi connectivity index (χ3n) is 7.37. The third kappa shape index (κ3) is 3.26. The van der Waals surface area contributed by atoms with Crippen LogP contribution in [-0.4, -0.2) is 39.9 Å². The molecule has 8 nitrogen and oxygen atoms in total. The first-order valence-electron chi connectivity index (χ1n) is 13.0. The zero-order chi connectivity index (χ0) is 26.2. The monoisotopic (exact) mass is 514 g/mol. The van der Waals surface area contributed by atoms with Crippen molar-refractivity contribution in [2.45, 2.75) is 0 Å². The summed E-state index contributed by atoms with van der Waals surface area (Å²) in [5.41, 5.74) is 13.7. The van der Waals surface area contributed by atoms with Crippen LogP contribution in [-0.2, 0) is 0 Å². The standard InChI is InChI=1S/C32H18N8/c1-2-18-20-5-6-23(35-20)24-9-10-27(37-24)28-13-14-31(39-28)32-16-15-30(40-32)29-12-11-26(38-29)25-8-7-22(36-25)21-4-3-19(34-21)17(1)33-18/h1-16,33,40H. The van der Waals surface area contributed by atoms with E-state index in [0.29, 0.717) is 0 Å². The minimum absolute atomic E-state index is 0.816. The largest absolute Gasteiger partial charge is 0.352 e. The molecule has 6 aliphatic rings. The summed E-state index contributed by atoms with van der Waals surface area (Å²) < 4.78 is 0. The van der Waals surface area contributed by atoms with Crippen molar-refractivity contribution in [3.63, 3.8) is 0 Å². The second kappa shape index (κ2) is 7.87. The number of hydrogen-bond acceptors (Lipinski definition) is 6. The van der Waals surface area contributed by atoms with E-state index in [4.69, 9.17) is 29.9 Å². The van der Waals surface area contributed by atoms with Gasteiger partial charge in [-0.15, -0.1) is 0 Å². The molecule has 186 valence electrons. The summed E-state index contributed by atoms with van der Waals surface area (Å²) in [4.78, 5) is 36.0. The lowest BCUT2D eigenvalue weighted by atomic mass is 10.3. The molecule has 8 heteroatoms. The quantitative estimate of drug-likeness (QED) is 0.242. The fourth-order valence-corrected chi connectivity index (χ4v) is 5.30. The first kappa shape index (κ1) is 21.2. The van der Waals surface area contributed by atoms with Crippen LogP contribution in [0.25, 0.3) is 95.0 Å². The Morgan fingerprint density at radius 2 is 0.425 bits per heavy atom. The first-order chi connectivity index (χ1) is 19.7. The van der Waals surface area contributed by atoms with Crippen molar-refractivity contribution < 1.29 is 0 Å². The van der Waals surface area contributed by atoms with Gasteiger partial charge in [0.25, 0.3) is 0 Å². The Hall–Kier alpha value is -5.76. The van der Waals surface area contributed by atoms with Crippen LogP contribution in [0.4, 0.5) is 0 Å². The van der Waals surface area contributed by atoms with Gasteiger partial charge >= 0.3 is 0 Å². The molecule has 3 aromatic rings. The summed E-state index contributed by atoms with van der Waals surface area (Å²) >= 11 is 0. The van der Waals surface area contributed by atoms with E-state index in [9.17, 15) is 0 Å². The fraction of sp³-hybridized carbons (Fsp3) is 0. The molecule has 0 fully saturated rings. The summed E-state index contributed by atoms with van der Waals surface area (Å²) in [7, 11) is 0. The normalized spacial score (nSPS) is 14.4. The van der Waals surface area contributed by atoms with Crippen LogP contribution in [0.2, 0.25) is 0 Å². The van der Waals surface area contributed by atoms with Crippen molar-refractivity contribution >= 4 is 95.0 Å². The second-order valence-electron chi connectivity index (χ2n) is 9.87. The Bertz CT molecular complexity index is 1910. The van der Waals surface area contributed by atoms with Crippen molar-refractivity contribution in [1.29, 1.82) is 0 Å². The molecule has 0 spiro atoms. The lowest BCUT2D eigenvalue weighted by molar-refractivity contribution is 1.20. The van der Waals surface area contributed by atoms with Crippen LogP contribution < -0.4 is 0 Å². The van der Waals surface area contributed by atoms with E-state index < -0.39 is 0 Å². The van der Waals surface area contributed by atoms with Crippen LogP contribution in [0, 0.1) is 0 Å². The average molecular weight is 515 g/mol. The lowest BCUT2D eigenvalue weighted by Gasteiger charge is -1.90. The topological polar surface area (TPSA) is 109 Å². The zero-order valence-electron chi connectivity index (χ0n) is 20.9. The van der Waals surface area contributed by atoms with Gasteiger partial charge < -0.3 is 9.97 Å². The maximum atomic E-state index is 4.84. The molecule has 0 aliphatic carbocycles. The summed E-state index contributed by atoms with van der Waals surface area (Å²) in [6.45, 7) is 0. The molecule has 9 rings (SSSR count). The van der Waals surface area contributed by atoms with E-state index in [1.165, 1.54) is 0 Å². The van der Waals surface area contributed by atoms with Crippen molar-refractivity contribution in [2.75, 3.05) is 0 Å². The summed E-state index contributed by atoms with van der Waals surface area (Å²) in [6.07, 6.45) is 23.9. The van der Waals surface area contributed by atoms with Gasteiger partial charge in [0.1, 0.15) is 0 Å². The fourth-order valence-electron chi connectivity index (χ4n) is 5.30. The van der Waals surface area contributed by atoms with Gasteiger partial charge in [0.05, 0.1) is 90.4 Å². The predicted molar refractivity (Wildman–Crippen MR) is 161 cm³/mol. The van der Waals surface area contributed by atoms with Gasteiger partial charge in [0, 0.05) is 0 Å². The molecule has 0 aromatic carbocycles. The van der Waals surface area contributed by atoms with Gasteiger partial charge in [0.2, 0.25) is 0 Å². The van der Waals surface area contributed by atoms with Crippen LogP contribution in [0.1, 0.15) is 68.3 Å². The van der Waals surface area contributed by atoms with Gasteiger partial charge in [-0.25, -0.2) is 29.9 Å². The number of hydrogen-bond donors (Lipinski definition) is 2. The molecule has 0 unspecified atom stereocenters. The van der Waals surface area contributed by atoms with Crippen LogP contribution in [0.3, 0.4) is 0 Å². The predicted octanol–water partition coefficient (Wildman–Crippen LogP) is 6.42. The van der Waals surface area contributed by atoms with Gasteiger partial charge in [0.15, 0.2) is 0 Å². The van der Waals surface area contributed by atoms with Crippen LogP contribution in [0.5, 0.6) is 0 Å². The highest BCUT2D eigenvalue weighted by Crippen LogP contribution is 2.27. The number of aromatic amines is 2. The highest BCUT2D eigenvalue weighted by atomic mass is 14.9. The number of aromatic nitrogens is 8. The summed E-state index contributed by atoms with van der Waals surface area (Å²) in [6, 6.07) is 8.11. The number of fused-ring (bicyclic) bond motifs is 24. The van der Waals surface area contributed by atoms with E-state index in [2.05, 4.69) is 9.97 Å². The summed E-state index contributed by atoms with van der Waals surface area (Å²) in [5.74, 6) is 0. The third-order valence-corrected chi connectivity index (χ3v) is 7.37. The molecule has 3 aromatic heterocycles. The molecule has 0 atom stereocenters. The van der Waals surface area contributed by atoms with Gasteiger partial charge in [-0.1, -0.05) is 0 Å². The number of nitrogens with zero attached hydrogens (tertiary/aromatic N) is 6. The second-order valence-corrected chi connectivity index (χ2v) is 9.87. The van der Waals surface area contributed by atoms with E-state index in [1.807, 2.05) is 97.2 Å². The van der Waals surface area contributed by atoms with Gasteiger partial charge in [-0.2, -0.15) is 0 Å². The van der Waals surface area contributed by atoms with Crippen molar-refractivity contribution in [3.8, 4) is 0 Å². The average Bonchev–Trinajstić information content (AvgIpc) is 3.84. The number of H-pyrrole nitrogens is 2. The Labute approximate surface area is 227 Å². The van der Waals surface area contributed by atoms with E-state index in [-0.39, 0.29) is 0 Å². The van der Waals surface area contributed by atoms with E-state index >= 15 is 0 Å². The summed E-state index contributed by atoms with van der Waals surface area (Å²) in [5, 5.41) is 0. The van der Waals surface area contributed by atoms with Crippen LogP contribution >= 0.6 is 0 Å². The highest BCUT2D eigenvalue weighted by Gasteiger charge is 2.15. The van der Waals surface area contributed by atoms with E-state index in [0.717, 1.165) is 90.4 Å². The molecule has 2 N–H and O–H groups in total. The zero-order valence-corrected chi connectivity index (χ0v) is 20.9. The minimum Gasteiger partial charge on any atom is -0.352 e. The Morgan fingerprint density at radius 1 is 0.250 bits per heavy atom. The maximum absolute atomic E-state index is 4.84. The van der Waals surface area contributed by atoms with E-state index in [1.54, 1.807) is 0 Å². The maximum Gasteiger partial charge on any atom is 0.0895 e. The Morgan fingerprint density at radius 3 is 0.650 bits per heavy atom. The van der Waals surface area contributed by atoms with Crippen molar-refractivity contribution in [1.82, 2.24) is 39.9 Å². The molecule has 6 aliphatic heterocycles. The molecule has 0 amide bonds. The molecule has 0 radical (unpaired) electrons. The molecule has 16 bridgehead atoms. The van der Waals surface area contributed by atoms with Crippen LogP contribution in [0.15, 0.2) is 24.3 Å². The van der Waals surface area contributed by atoms with Crippen molar-refractivity contribution in [2.24, 2.45) is 0 Å².